The zero-order valence-electron chi connectivity index (χ0n) is 9.96. The lowest BCUT2D eigenvalue weighted by Crippen LogP contribution is -2.39. The van der Waals surface area contributed by atoms with Gasteiger partial charge in [-0.25, -0.2) is 4.79 Å². The molecule has 1 amide bonds. The fraction of sp³-hybridized carbons (Fsp3) is 0.462. The molecule has 0 N–H and O–H groups in total. The Morgan fingerprint density at radius 3 is 2.94 bits per heavy atom. The predicted octanol–water partition coefficient (Wildman–Crippen LogP) is 2.93. The molecule has 1 aromatic carbocycles. The highest BCUT2D eigenvalue weighted by atomic mass is 32.2. The second-order valence-corrected chi connectivity index (χ2v) is 5.23. The van der Waals surface area contributed by atoms with Crippen LogP contribution in [0.4, 0.5) is 4.79 Å². The smallest absolute Gasteiger partial charge is 0.409 e. The number of hydrogen-bond acceptors (Lipinski definition) is 3. The molecule has 17 heavy (non-hydrogen) atoms. The third-order valence-corrected chi connectivity index (χ3v) is 4.01. The number of nitrogens with zero attached hydrogens (tertiary/aromatic N) is 1. The average Bonchev–Trinajstić information content (AvgIpc) is 2.40. The summed E-state index contributed by atoms with van der Waals surface area (Å²) in [7, 11) is 0. The summed E-state index contributed by atoms with van der Waals surface area (Å²) in [5.41, 5.74) is 1.28. The molecule has 1 fully saturated rings. The van der Waals surface area contributed by atoms with E-state index in [9.17, 15) is 4.79 Å². The van der Waals surface area contributed by atoms with Gasteiger partial charge in [-0.1, -0.05) is 30.3 Å². The van der Waals surface area contributed by atoms with Gasteiger partial charge in [0.05, 0.1) is 6.61 Å². The van der Waals surface area contributed by atoms with Crippen molar-refractivity contribution in [2.24, 2.45) is 0 Å². The molecule has 92 valence electrons. The first-order chi connectivity index (χ1) is 8.31. The van der Waals surface area contributed by atoms with Gasteiger partial charge >= 0.3 is 6.09 Å². The predicted molar refractivity (Wildman–Crippen MR) is 70.2 cm³/mol. The Balaban J connectivity index is 2.00. The highest BCUT2D eigenvalue weighted by Gasteiger charge is 2.25. The van der Waals surface area contributed by atoms with Crippen molar-refractivity contribution < 1.29 is 9.53 Å². The Labute approximate surface area is 106 Å². The summed E-state index contributed by atoms with van der Waals surface area (Å²) in [4.78, 5) is 13.5. The van der Waals surface area contributed by atoms with Crippen LogP contribution < -0.4 is 0 Å². The van der Waals surface area contributed by atoms with Crippen LogP contribution in [0.25, 0.3) is 0 Å². The van der Waals surface area contributed by atoms with Crippen LogP contribution in [0.2, 0.25) is 0 Å². The quantitative estimate of drug-likeness (QED) is 0.809. The van der Waals surface area contributed by atoms with Crippen molar-refractivity contribution in [1.82, 2.24) is 4.90 Å². The molecule has 4 heteroatoms. The van der Waals surface area contributed by atoms with Crippen molar-refractivity contribution in [2.45, 2.75) is 12.2 Å². The van der Waals surface area contributed by atoms with Gasteiger partial charge in [-0.3, -0.25) is 0 Å². The van der Waals surface area contributed by atoms with E-state index in [-0.39, 0.29) is 6.09 Å². The van der Waals surface area contributed by atoms with Gasteiger partial charge in [0.2, 0.25) is 0 Å². The standard InChI is InChI=1S/C13H17NO2S/c1-2-16-13(15)14-8-9-17-12(10-14)11-6-4-3-5-7-11/h3-7,12H,2,8-10H2,1H3/t12-/m0/s1. The number of ether oxygens (including phenoxy) is 1. The lowest BCUT2D eigenvalue weighted by Gasteiger charge is -2.31. The van der Waals surface area contributed by atoms with Gasteiger partial charge < -0.3 is 9.64 Å². The molecule has 0 saturated carbocycles. The Morgan fingerprint density at radius 1 is 1.47 bits per heavy atom. The number of hydrogen-bond donors (Lipinski definition) is 0. The van der Waals surface area contributed by atoms with Crippen LogP contribution in [0.5, 0.6) is 0 Å². The summed E-state index contributed by atoms with van der Waals surface area (Å²) >= 11 is 1.91. The molecule has 0 bridgehead atoms. The summed E-state index contributed by atoms with van der Waals surface area (Å²) < 4.78 is 5.04. The van der Waals surface area contributed by atoms with Gasteiger partial charge in [0, 0.05) is 24.1 Å². The van der Waals surface area contributed by atoms with E-state index in [1.54, 1.807) is 4.90 Å². The summed E-state index contributed by atoms with van der Waals surface area (Å²) in [6.45, 7) is 3.81. The maximum atomic E-state index is 11.7. The number of carbonyl (C=O) groups is 1. The highest BCUT2D eigenvalue weighted by molar-refractivity contribution is 7.99. The molecule has 2 rings (SSSR count). The van der Waals surface area contributed by atoms with E-state index >= 15 is 0 Å². The highest BCUT2D eigenvalue weighted by Crippen LogP contribution is 2.33. The summed E-state index contributed by atoms with van der Waals surface area (Å²) in [6.07, 6.45) is -0.186. The molecule has 3 nitrogen and oxygen atoms in total. The minimum atomic E-state index is -0.186. The van der Waals surface area contributed by atoms with Crippen LogP contribution in [0.3, 0.4) is 0 Å². The number of carbonyl (C=O) groups excluding carboxylic acids is 1. The molecule has 0 radical (unpaired) electrons. The Kier molecular flexibility index (Phi) is 4.31. The van der Waals surface area contributed by atoms with E-state index in [1.807, 2.05) is 36.9 Å². The molecule has 1 aromatic rings. The van der Waals surface area contributed by atoms with Gasteiger partial charge in [0.1, 0.15) is 0 Å². The maximum absolute atomic E-state index is 11.7. The van der Waals surface area contributed by atoms with E-state index in [0.29, 0.717) is 11.9 Å². The van der Waals surface area contributed by atoms with Crippen molar-refractivity contribution in [3.8, 4) is 0 Å². The minimum Gasteiger partial charge on any atom is -0.450 e. The summed E-state index contributed by atoms with van der Waals surface area (Å²) in [5.74, 6) is 0.971. The summed E-state index contributed by atoms with van der Waals surface area (Å²) in [6, 6.07) is 10.3. The number of rotatable bonds is 2. The first-order valence-electron chi connectivity index (χ1n) is 5.89. The molecule has 0 aliphatic carbocycles. The Hall–Kier alpha value is -1.16. The Morgan fingerprint density at radius 2 is 2.24 bits per heavy atom. The first kappa shape index (κ1) is 12.3. The van der Waals surface area contributed by atoms with Crippen molar-refractivity contribution in [3.63, 3.8) is 0 Å². The van der Waals surface area contributed by atoms with E-state index in [0.717, 1.165) is 18.8 Å². The van der Waals surface area contributed by atoms with Gasteiger partial charge in [-0.05, 0) is 12.5 Å². The zero-order chi connectivity index (χ0) is 12.1. The largest absolute Gasteiger partial charge is 0.450 e. The van der Waals surface area contributed by atoms with Crippen molar-refractivity contribution in [1.29, 1.82) is 0 Å². The van der Waals surface area contributed by atoms with Crippen molar-refractivity contribution in [2.75, 3.05) is 25.4 Å². The average molecular weight is 251 g/mol. The lowest BCUT2D eigenvalue weighted by molar-refractivity contribution is 0.108. The van der Waals surface area contributed by atoms with Crippen LogP contribution >= 0.6 is 11.8 Å². The van der Waals surface area contributed by atoms with E-state index in [2.05, 4.69) is 12.1 Å². The molecule has 1 saturated heterocycles. The molecule has 1 heterocycles. The SMILES string of the molecule is CCOC(=O)N1CCS[C@H](c2ccccc2)C1. The van der Waals surface area contributed by atoms with E-state index in [4.69, 9.17) is 4.74 Å². The fourth-order valence-corrected chi connectivity index (χ4v) is 3.14. The van der Waals surface area contributed by atoms with Gasteiger partial charge in [-0.2, -0.15) is 11.8 Å². The Bertz CT molecular complexity index is 369. The number of amides is 1. The van der Waals surface area contributed by atoms with Crippen LogP contribution in [-0.2, 0) is 4.74 Å². The van der Waals surface area contributed by atoms with Gasteiger partial charge in [0.25, 0.3) is 0 Å². The van der Waals surface area contributed by atoms with Crippen LogP contribution in [0.15, 0.2) is 30.3 Å². The van der Waals surface area contributed by atoms with Crippen molar-refractivity contribution >= 4 is 17.9 Å². The second-order valence-electron chi connectivity index (χ2n) is 3.92. The monoisotopic (exact) mass is 251 g/mol. The van der Waals surface area contributed by atoms with Crippen LogP contribution in [-0.4, -0.2) is 36.4 Å². The molecular formula is C13H17NO2S. The fourth-order valence-electron chi connectivity index (χ4n) is 1.90. The molecule has 0 unspecified atom stereocenters. The molecule has 0 aromatic heterocycles. The number of benzene rings is 1. The topological polar surface area (TPSA) is 29.5 Å². The molecule has 1 aliphatic heterocycles. The van der Waals surface area contributed by atoms with Crippen LogP contribution in [0, 0.1) is 0 Å². The molecule has 1 aliphatic rings. The molecule has 1 atom stereocenters. The van der Waals surface area contributed by atoms with Gasteiger partial charge in [0.15, 0.2) is 0 Å². The summed E-state index contributed by atoms with van der Waals surface area (Å²) in [5, 5.41) is 0.370. The zero-order valence-corrected chi connectivity index (χ0v) is 10.8. The van der Waals surface area contributed by atoms with Gasteiger partial charge in [-0.15, -0.1) is 0 Å². The molecule has 0 spiro atoms. The van der Waals surface area contributed by atoms with Crippen molar-refractivity contribution in [3.05, 3.63) is 35.9 Å². The second kappa shape index (κ2) is 5.96. The minimum absolute atomic E-state index is 0.186. The van der Waals surface area contributed by atoms with Crippen LogP contribution in [0.1, 0.15) is 17.7 Å². The third-order valence-electron chi connectivity index (χ3n) is 2.76. The van der Waals surface area contributed by atoms with E-state index < -0.39 is 0 Å². The molecular weight excluding hydrogens is 234 g/mol. The normalized spacial score (nSPS) is 20.1. The van der Waals surface area contributed by atoms with E-state index in [1.165, 1.54) is 5.56 Å². The number of thioether (sulfide) groups is 1. The first-order valence-corrected chi connectivity index (χ1v) is 6.94. The third kappa shape index (κ3) is 3.16. The maximum Gasteiger partial charge on any atom is 0.409 e. The lowest BCUT2D eigenvalue weighted by atomic mass is 10.1.